The van der Waals surface area contributed by atoms with Crippen LogP contribution in [-0.2, 0) is 0 Å². The minimum atomic E-state index is 0.611. The van der Waals surface area contributed by atoms with Crippen molar-refractivity contribution < 1.29 is 0 Å². The van der Waals surface area contributed by atoms with Crippen LogP contribution in [0.1, 0.15) is 22.8 Å². The van der Waals surface area contributed by atoms with Gasteiger partial charge < -0.3 is 15.7 Å². The molecule has 4 N–H and O–H groups in total. The topological polar surface area (TPSA) is 83.4 Å². The first kappa shape index (κ1) is 28.5. The summed E-state index contributed by atoms with van der Waals surface area (Å²) in [6, 6.07) is 50.1. The number of nitrogens with zero attached hydrogens (tertiary/aromatic N) is 2. The largest absolute Gasteiger partial charge is 0.397 e. The molecule has 4 aromatic carbocycles. The van der Waals surface area contributed by atoms with Crippen LogP contribution >= 0.6 is 0 Å². The van der Waals surface area contributed by atoms with E-state index in [0.29, 0.717) is 5.70 Å². The highest BCUT2D eigenvalue weighted by Crippen LogP contribution is 2.39. The van der Waals surface area contributed by atoms with Crippen molar-refractivity contribution in [3.05, 3.63) is 168 Å². The predicted molar refractivity (Wildman–Crippen MR) is 204 cm³/mol. The van der Waals surface area contributed by atoms with E-state index in [9.17, 15) is 0 Å². The second-order valence-corrected chi connectivity index (χ2v) is 12.2. The van der Waals surface area contributed by atoms with E-state index >= 15 is 0 Å². The van der Waals surface area contributed by atoms with E-state index in [1.54, 1.807) is 0 Å². The second-order valence-electron chi connectivity index (χ2n) is 12.2. The number of fused-ring (bicyclic) bond motifs is 8. The molecule has 232 valence electrons. The molecule has 0 saturated carbocycles. The number of H-pyrrole nitrogens is 2. The van der Waals surface area contributed by atoms with E-state index in [4.69, 9.17) is 15.7 Å². The third kappa shape index (κ3) is 5.05. The van der Waals surface area contributed by atoms with Crippen molar-refractivity contribution in [2.75, 3.05) is 0 Å². The molecule has 0 fully saturated rings. The van der Waals surface area contributed by atoms with Crippen LogP contribution in [0.15, 0.2) is 146 Å². The van der Waals surface area contributed by atoms with Gasteiger partial charge in [0, 0.05) is 44.3 Å². The van der Waals surface area contributed by atoms with E-state index < -0.39 is 0 Å². The standard InChI is InChI=1S/C44H31N5/c45-32-27-39-42(30-17-9-3-10-18-30)37-24-23-35(47-37)40(28-13-5-1-6-14-28)33-21-22-34(46-33)41(29-15-7-2-8-16-29)36-25-26-38(48-36)43(44(32)49-39)31-19-11-4-12-20-31/h1-27,47-48H,45H2. The number of nitrogens with two attached hydrogens (primary N) is 1. The Balaban J connectivity index is 1.50. The van der Waals surface area contributed by atoms with E-state index in [1.807, 2.05) is 42.5 Å². The van der Waals surface area contributed by atoms with Crippen LogP contribution in [0, 0.1) is 0 Å². The maximum atomic E-state index is 6.92. The normalized spacial score (nSPS) is 12.2. The van der Waals surface area contributed by atoms with Crippen molar-refractivity contribution >= 4 is 46.0 Å². The molecule has 9 rings (SSSR count). The Kier molecular flexibility index (Phi) is 6.87. The molecule has 3 aromatic heterocycles. The van der Waals surface area contributed by atoms with Crippen molar-refractivity contribution in [2.24, 2.45) is 5.73 Å². The molecule has 5 heterocycles. The van der Waals surface area contributed by atoms with Gasteiger partial charge in [-0.2, -0.15) is 0 Å². The molecule has 5 heteroatoms. The fourth-order valence-corrected chi connectivity index (χ4v) is 6.94. The molecule has 5 nitrogen and oxygen atoms in total. The third-order valence-corrected chi connectivity index (χ3v) is 9.14. The van der Waals surface area contributed by atoms with Crippen LogP contribution in [0.2, 0.25) is 0 Å². The van der Waals surface area contributed by atoms with Crippen LogP contribution in [0.3, 0.4) is 0 Å². The lowest BCUT2D eigenvalue weighted by atomic mass is 10.0. The Bertz CT molecular complexity index is 2580. The Morgan fingerprint density at radius 3 is 1.12 bits per heavy atom. The van der Waals surface area contributed by atoms with Gasteiger partial charge in [-0.05, 0) is 64.7 Å². The average molecular weight is 630 g/mol. The molecule has 8 bridgehead atoms. The number of rotatable bonds is 4. The first-order chi connectivity index (χ1) is 24.2. The third-order valence-electron chi connectivity index (χ3n) is 9.14. The molecule has 0 radical (unpaired) electrons. The van der Waals surface area contributed by atoms with Gasteiger partial charge in [0.15, 0.2) is 0 Å². The highest BCUT2D eigenvalue weighted by Gasteiger charge is 2.21. The Hall–Kier alpha value is -6.72. The lowest BCUT2D eigenvalue weighted by Gasteiger charge is -2.07. The van der Waals surface area contributed by atoms with Gasteiger partial charge in [-0.3, -0.25) is 0 Å². The van der Waals surface area contributed by atoms with Gasteiger partial charge >= 0.3 is 0 Å². The summed E-state index contributed by atoms with van der Waals surface area (Å²) < 4.78 is 0. The number of aromatic nitrogens is 4. The molecule has 0 atom stereocenters. The zero-order valence-corrected chi connectivity index (χ0v) is 26.6. The molecule has 49 heavy (non-hydrogen) atoms. The number of nitrogens with one attached hydrogen (secondary N) is 2. The van der Waals surface area contributed by atoms with Crippen LogP contribution in [0.25, 0.3) is 90.5 Å². The number of hydrogen-bond donors (Lipinski definition) is 3. The van der Waals surface area contributed by atoms with Crippen molar-refractivity contribution in [3.63, 3.8) is 0 Å². The molecule has 0 saturated heterocycles. The van der Waals surface area contributed by atoms with Crippen LogP contribution < -0.4 is 5.73 Å². The molecular weight excluding hydrogens is 599 g/mol. The van der Waals surface area contributed by atoms with Crippen molar-refractivity contribution in [1.29, 1.82) is 0 Å². The Labute approximate surface area is 283 Å². The Morgan fingerprint density at radius 2 is 0.714 bits per heavy atom. The quantitative estimate of drug-likeness (QED) is 0.181. The molecule has 0 spiro atoms. The zero-order chi connectivity index (χ0) is 32.7. The van der Waals surface area contributed by atoms with Gasteiger partial charge in [-0.25, -0.2) is 9.97 Å². The second kappa shape index (κ2) is 11.8. The first-order valence-electron chi connectivity index (χ1n) is 16.4. The lowest BCUT2D eigenvalue weighted by molar-refractivity contribution is 1.29. The fraction of sp³-hybridized carbons (Fsp3) is 0. The molecule has 2 aliphatic rings. The van der Waals surface area contributed by atoms with Crippen molar-refractivity contribution in [3.8, 4) is 44.5 Å². The van der Waals surface area contributed by atoms with Crippen LogP contribution in [0.5, 0.6) is 0 Å². The summed E-state index contributed by atoms with van der Waals surface area (Å²) in [4.78, 5) is 18.2. The zero-order valence-electron chi connectivity index (χ0n) is 26.6. The average Bonchev–Trinajstić information content (AvgIpc) is 3.98. The minimum Gasteiger partial charge on any atom is -0.397 e. The van der Waals surface area contributed by atoms with Crippen LogP contribution in [0.4, 0.5) is 0 Å². The van der Waals surface area contributed by atoms with E-state index in [1.165, 1.54) is 0 Å². The van der Waals surface area contributed by atoms with Crippen molar-refractivity contribution in [2.45, 2.75) is 0 Å². The van der Waals surface area contributed by atoms with E-state index in [-0.39, 0.29) is 0 Å². The summed E-state index contributed by atoms with van der Waals surface area (Å²) in [6.07, 6.45) is 6.24. The van der Waals surface area contributed by atoms with E-state index in [2.05, 4.69) is 131 Å². The number of benzene rings is 4. The summed E-state index contributed by atoms with van der Waals surface area (Å²) in [5, 5.41) is 0. The summed E-state index contributed by atoms with van der Waals surface area (Å²) >= 11 is 0. The van der Waals surface area contributed by atoms with Crippen LogP contribution in [-0.4, -0.2) is 19.9 Å². The molecule has 7 aromatic rings. The maximum Gasteiger partial charge on any atom is 0.0966 e. The maximum absolute atomic E-state index is 6.92. The molecule has 0 amide bonds. The molecule has 2 aliphatic heterocycles. The molecule has 0 aliphatic carbocycles. The van der Waals surface area contributed by atoms with Gasteiger partial charge in [0.1, 0.15) is 0 Å². The lowest BCUT2D eigenvalue weighted by Crippen LogP contribution is -1.96. The van der Waals surface area contributed by atoms with E-state index in [0.717, 1.165) is 89.4 Å². The highest BCUT2D eigenvalue weighted by molar-refractivity contribution is 6.01. The number of hydrogen-bond acceptors (Lipinski definition) is 3. The smallest absolute Gasteiger partial charge is 0.0966 e. The van der Waals surface area contributed by atoms with Crippen molar-refractivity contribution in [1.82, 2.24) is 19.9 Å². The summed E-state index contributed by atoms with van der Waals surface area (Å²) in [5.41, 5.74) is 22.8. The molecule has 0 unspecified atom stereocenters. The Morgan fingerprint density at radius 1 is 0.367 bits per heavy atom. The fourth-order valence-electron chi connectivity index (χ4n) is 6.94. The summed E-state index contributed by atoms with van der Waals surface area (Å²) in [6.45, 7) is 0. The molecular formula is C44H31N5. The van der Waals surface area contributed by atoms with Gasteiger partial charge in [0.05, 0.1) is 28.5 Å². The van der Waals surface area contributed by atoms with Gasteiger partial charge in [-0.1, -0.05) is 121 Å². The summed E-state index contributed by atoms with van der Waals surface area (Å²) in [5.74, 6) is 0. The summed E-state index contributed by atoms with van der Waals surface area (Å²) in [7, 11) is 0. The van der Waals surface area contributed by atoms with Gasteiger partial charge in [-0.15, -0.1) is 0 Å². The highest BCUT2D eigenvalue weighted by atomic mass is 14.8. The van der Waals surface area contributed by atoms with Gasteiger partial charge in [0.25, 0.3) is 0 Å². The first-order valence-corrected chi connectivity index (χ1v) is 16.4. The van der Waals surface area contributed by atoms with Gasteiger partial charge in [0.2, 0.25) is 0 Å². The predicted octanol–water partition coefficient (Wildman–Crippen LogP) is 10.6. The SMILES string of the molecule is NC1=Cc2nc1c(-c1ccccc1)c1ccc([nH]1)c(-c1ccccc1)c1nc(c(-c3ccccc3)c3ccc([nH]3)c2-c2ccccc2)C=C1. The monoisotopic (exact) mass is 629 g/mol. The number of aromatic amines is 2. The minimum absolute atomic E-state index is 0.611.